The fourth-order valence-corrected chi connectivity index (χ4v) is 1.69. The second-order valence-corrected chi connectivity index (χ2v) is 3.86. The van der Waals surface area contributed by atoms with Crippen LogP contribution in [0.15, 0.2) is 42.5 Å². The van der Waals surface area contributed by atoms with Crippen LogP contribution in [0.5, 0.6) is 5.75 Å². The first-order valence-corrected chi connectivity index (χ1v) is 5.45. The predicted molar refractivity (Wildman–Crippen MR) is 61.8 cm³/mol. The second kappa shape index (κ2) is 6.50. The van der Waals surface area contributed by atoms with Crippen molar-refractivity contribution in [2.75, 3.05) is 5.75 Å². The average molecular weight is 226 g/mol. The van der Waals surface area contributed by atoms with E-state index in [1.54, 1.807) is 6.92 Å². The van der Waals surface area contributed by atoms with Gasteiger partial charge in [0.15, 0.2) is 0 Å². The summed E-state index contributed by atoms with van der Waals surface area (Å²) in [5.74, 6) is 1.28. The van der Waals surface area contributed by atoms with Crippen LogP contribution in [0.1, 0.15) is 6.92 Å². The molecule has 0 fully saturated rings. The van der Waals surface area contributed by atoms with Crippen LogP contribution in [0.2, 0.25) is 0 Å². The summed E-state index contributed by atoms with van der Waals surface area (Å²) in [6, 6.07) is 9.44. The van der Waals surface area contributed by atoms with Crippen LogP contribution in [0.3, 0.4) is 0 Å². The highest BCUT2D eigenvalue weighted by Crippen LogP contribution is 2.18. The molecule has 0 aliphatic carbocycles. The Balaban J connectivity index is 2.30. The van der Waals surface area contributed by atoms with Crippen molar-refractivity contribution in [3.63, 3.8) is 0 Å². The predicted octanol–water partition coefficient (Wildman–Crippen LogP) is 3.15. The van der Waals surface area contributed by atoms with Gasteiger partial charge in [-0.3, -0.25) is 5.26 Å². The molecule has 1 aromatic rings. The highest BCUT2D eigenvalue weighted by atomic mass is 32.2. The molecule has 1 rings (SSSR count). The van der Waals surface area contributed by atoms with Crippen molar-refractivity contribution in [1.29, 1.82) is 0 Å². The summed E-state index contributed by atoms with van der Waals surface area (Å²) in [7, 11) is 0. The zero-order valence-corrected chi connectivity index (χ0v) is 9.37. The summed E-state index contributed by atoms with van der Waals surface area (Å²) in [4.78, 5) is 4.25. The average Bonchev–Trinajstić information content (AvgIpc) is 2.25. The lowest BCUT2D eigenvalue weighted by atomic mass is 10.2. The highest BCUT2D eigenvalue weighted by Gasteiger charge is 2.10. The van der Waals surface area contributed by atoms with E-state index >= 15 is 0 Å². The molecular formula is C11H14O3S. The van der Waals surface area contributed by atoms with Gasteiger partial charge in [-0.25, -0.2) is 4.89 Å². The summed E-state index contributed by atoms with van der Waals surface area (Å²) < 4.78 is 5.37. The van der Waals surface area contributed by atoms with Crippen molar-refractivity contribution >= 4 is 12.0 Å². The Labute approximate surface area is 93.8 Å². The minimum Gasteiger partial charge on any atom is -0.426 e. The third kappa shape index (κ3) is 4.38. The fourth-order valence-electron chi connectivity index (χ4n) is 0.903. The largest absolute Gasteiger partial charge is 0.426 e. The normalized spacial score (nSPS) is 12.1. The van der Waals surface area contributed by atoms with E-state index in [9.17, 15) is 0 Å². The van der Waals surface area contributed by atoms with Gasteiger partial charge >= 0.3 is 0 Å². The summed E-state index contributed by atoms with van der Waals surface area (Å²) >= 11 is 1.22. The molecule has 0 heterocycles. The van der Waals surface area contributed by atoms with Gasteiger partial charge in [-0.2, -0.15) is 0 Å². The fraction of sp³-hybridized carbons (Fsp3) is 0.273. The molecule has 0 radical (unpaired) electrons. The van der Waals surface area contributed by atoms with Gasteiger partial charge < -0.3 is 4.18 Å². The van der Waals surface area contributed by atoms with Gasteiger partial charge in [-0.1, -0.05) is 24.8 Å². The maximum atomic E-state index is 8.56. The standard InChI is InChI=1S/C11H14O3S/c1-9(2)11(13-12)8-15-14-10-6-4-3-5-7-10/h3-7,11-12H,1,8H2,2H3. The molecule has 0 bridgehead atoms. The van der Waals surface area contributed by atoms with Crippen LogP contribution in [-0.2, 0) is 4.89 Å². The van der Waals surface area contributed by atoms with Crippen LogP contribution in [-0.4, -0.2) is 17.1 Å². The highest BCUT2D eigenvalue weighted by molar-refractivity contribution is 7.95. The zero-order chi connectivity index (χ0) is 11.1. The van der Waals surface area contributed by atoms with Crippen LogP contribution in [0, 0.1) is 0 Å². The molecule has 0 aliphatic heterocycles. The Morgan fingerprint density at radius 2 is 2.13 bits per heavy atom. The quantitative estimate of drug-likeness (QED) is 0.350. The molecule has 15 heavy (non-hydrogen) atoms. The van der Waals surface area contributed by atoms with Crippen molar-refractivity contribution < 1.29 is 14.3 Å². The Morgan fingerprint density at radius 1 is 1.47 bits per heavy atom. The van der Waals surface area contributed by atoms with E-state index in [0.717, 1.165) is 11.3 Å². The summed E-state index contributed by atoms with van der Waals surface area (Å²) in [5.41, 5.74) is 0.765. The molecule has 0 saturated heterocycles. The van der Waals surface area contributed by atoms with Crippen molar-refractivity contribution in [3.05, 3.63) is 42.5 Å². The molecule has 0 amide bonds. The van der Waals surface area contributed by atoms with Crippen molar-refractivity contribution in [1.82, 2.24) is 0 Å². The lowest BCUT2D eigenvalue weighted by Gasteiger charge is -2.12. The van der Waals surface area contributed by atoms with Gasteiger partial charge in [0.05, 0.1) is 17.8 Å². The summed E-state index contributed by atoms with van der Waals surface area (Å²) in [6.07, 6.45) is -0.390. The Bertz CT molecular complexity index is 300. The Hall–Kier alpha value is -0.970. The number of para-hydroxylation sites is 1. The Morgan fingerprint density at radius 3 is 2.67 bits per heavy atom. The molecule has 1 unspecified atom stereocenters. The van der Waals surface area contributed by atoms with Crippen LogP contribution in [0.25, 0.3) is 0 Å². The molecule has 0 aromatic heterocycles. The van der Waals surface area contributed by atoms with E-state index in [1.807, 2.05) is 30.3 Å². The van der Waals surface area contributed by atoms with Crippen LogP contribution < -0.4 is 4.18 Å². The number of benzene rings is 1. The monoisotopic (exact) mass is 226 g/mol. The second-order valence-electron chi connectivity index (χ2n) is 3.12. The van der Waals surface area contributed by atoms with E-state index in [4.69, 9.17) is 9.44 Å². The molecule has 82 valence electrons. The van der Waals surface area contributed by atoms with Gasteiger partial charge in [-0.15, -0.1) is 0 Å². The Kier molecular flexibility index (Phi) is 5.25. The van der Waals surface area contributed by atoms with Crippen molar-refractivity contribution in [2.45, 2.75) is 13.0 Å². The lowest BCUT2D eigenvalue weighted by Crippen LogP contribution is -2.15. The first kappa shape index (κ1) is 12.1. The molecule has 1 aromatic carbocycles. The number of rotatable bonds is 6. The molecule has 4 heteroatoms. The minimum absolute atomic E-state index is 0.390. The van der Waals surface area contributed by atoms with Gasteiger partial charge in [0.1, 0.15) is 11.9 Å². The lowest BCUT2D eigenvalue weighted by molar-refractivity contribution is -0.262. The van der Waals surface area contributed by atoms with E-state index in [2.05, 4.69) is 11.5 Å². The maximum Gasteiger partial charge on any atom is 0.137 e. The number of hydrogen-bond acceptors (Lipinski definition) is 4. The van der Waals surface area contributed by atoms with Gasteiger partial charge in [0.25, 0.3) is 0 Å². The van der Waals surface area contributed by atoms with Crippen molar-refractivity contribution in [3.8, 4) is 5.75 Å². The topological polar surface area (TPSA) is 38.7 Å². The third-order valence-electron chi connectivity index (χ3n) is 1.79. The van der Waals surface area contributed by atoms with Gasteiger partial charge in [0, 0.05) is 0 Å². The van der Waals surface area contributed by atoms with Crippen molar-refractivity contribution in [2.24, 2.45) is 0 Å². The van der Waals surface area contributed by atoms with E-state index in [0.29, 0.717) is 5.75 Å². The summed E-state index contributed by atoms with van der Waals surface area (Å²) in [6.45, 7) is 5.49. The summed E-state index contributed by atoms with van der Waals surface area (Å²) in [5, 5.41) is 8.56. The molecule has 0 spiro atoms. The van der Waals surface area contributed by atoms with E-state index in [-0.39, 0.29) is 0 Å². The van der Waals surface area contributed by atoms with E-state index in [1.165, 1.54) is 12.0 Å². The minimum atomic E-state index is -0.390. The molecule has 0 saturated carbocycles. The molecule has 0 aliphatic rings. The number of hydrogen-bond donors (Lipinski definition) is 1. The smallest absolute Gasteiger partial charge is 0.137 e. The van der Waals surface area contributed by atoms with Crippen LogP contribution >= 0.6 is 12.0 Å². The third-order valence-corrected chi connectivity index (χ3v) is 2.54. The molecular weight excluding hydrogens is 212 g/mol. The van der Waals surface area contributed by atoms with Crippen LogP contribution in [0.4, 0.5) is 0 Å². The molecule has 3 nitrogen and oxygen atoms in total. The first-order chi connectivity index (χ1) is 7.24. The zero-order valence-electron chi connectivity index (χ0n) is 8.55. The molecule has 1 atom stereocenters. The van der Waals surface area contributed by atoms with Gasteiger partial charge in [0.2, 0.25) is 0 Å². The first-order valence-electron chi connectivity index (χ1n) is 4.54. The molecule has 1 N–H and O–H groups in total. The van der Waals surface area contributed by atoms with Gasteiger partial charge in [-0.05, 0) is 24.6 Å². The maximum absolute atomic E-state index is 8.56. The van der Waals surface area contributed by atoms with E-state index < -0.39 is 6.10 Å². The SMILES string of the molecule is C=C(C)C(CSOc1ccccc1)OO.